The summed E-state index contributed by atoms with van der Waals surface area (Å²) in [6.07, 6.45) is 1.03. The average Bonchev–Trinajstić information content (AvgIpc) is 3.01. The monoisotopic (exact) mass is 292 g/mol. The van der Waals surface area contributed by atoms with Crippen molar-refractivity contribution in [1.29, 1.82) is 0 Å². The molecular formula is C23H16. The van der Waals surface area contributed by atoms with Crippen LogP contribution in [0.25, 0.3) is 33.0 Å². The fourth-order valence-electron chi connectivity index (χ4n) is 3.87. The molecule has 0 unspecified atom stereocenters. The van der Waals surface area contributed by atoms with E-state index in [1.165, 1.54) is 44.2 Å². The van der Waals surface area contributed by atoms with Gasteiger partial charge >= 0.3 is 0 Å². The Bertz CT molecular complexity index is 1030. The second-order valence-corrected chi connectivity index (χ2v) is 6.20. The highest BCUT2D eigenvalue weighted by Gasteiger charge is 2.23. The van der Waals surface area contributed by atoms with E-state index in [4.69, 9.17) is 0 Å². The van der Waals surface area contributed by atoms with Crippen molar-refractivity contribution in [3.05, 3.63) is 96.1 Å². The van der Waals surface area contributed by atoms with Crippen LogP contribution in [0.2, 0.25) is 0 Å². The van der Waals surface area contributed by atoms with Crippen molar-refractivity contribution in [1.82, 2.24) is 0 Å². The van der Waals surface area contributed by atoms with Gasteiger partial charge in [0, 0.05) is 0 Å². The minimum atomic E-state index is 1.03. The largest absolute Gasteiger partial charge is 0.0622 e. The van der Waals surface area contributed by atoms with Crippen LogP contribution in [-0.4, -0.2) is 0 Å². The van der Waals surface area contributed by atoms with E-state index in [2.05, 4.69) is 84.9 Å². The van der Waals surface area contributed by atoms with Crippen molar-refractivity contribution in [3.8, 4) is 22.3 Å². The van der Waals surface area contributed by atoms with Crippen molar-refractivity contribution in [2.75, 3.05) is 0 Å². The molecule has 0 N–H and O–H groups in total. The summed E-state index contributed by atoms with van der Waals surface area (Å²) in [6, 6.07) is 30.7. The highest BCUT2D eigenvalue weighted by molar-refractivity contribution is 5.99. The van der Waals surface area contributed by atoms with Crippen molar-refractivity contribution >= 4 is 10.8 Å². The smallest absolute Gasteiger partial charge is 0.000706 e. The first kappa shape index (κ1) is 12.7. The van der Waals surface area contributed by atoms with Crippen LogP contribution in [0, 0.1) is 0 Å². The molecule has 0 aromatic heterocycles. The first-order valence-electron chi connectivity index (χ1n) is 8.10. The average molecular weight is 292 g/mol. The van der Waals surface area contributed by atoms with E-state index < -0.39 is 0 Å². The molecule has 4 aromatic carbocycles. The quantitative estimate of drug-likeness (QED) is 0.351. The van der Waals surface area contributed by atoms with Gasteiger partial charge in [-0.1, -0.05) is 84.9 Å². The zero-order chi connectivity index (χ0) is 15.2. The van der Waals surface area contributed by atoms with Crippen LogP contribution >= 0.6 is 0 Å². The van der Waals surface area contributed by atoms with Gasteiger partial charge < -0.3 is 0 Å². The zero-order valence-electron chi connectivity index (χ0n) is 12.8. The zero-order valence-corrected chi connectivity index (χ0v) is 12.8. The normalized spacial score (nSPS) is 12.2. The molecule has 108 valence electrons. The molecular weight excluding hydrogens is 276 g/mol. The number of hydrogen-bond donors (Lipinski definition) is 0. The Hall–Kier alpha value is -2.86. The Labute approximate surface area is 136 Å². The van der Waals surface area contributed by atoms with Crippen LogP contribution in [0.15, 0.2) is 84.9 Å². The van der Waals surface area contributed by atoms with E-state index in [-0.39, 0.29) is 0 Å². The minimum Gasteiger partial charge on any atom is -0.0622 e. The molecule has 23 heavy (non-hydrogen) atoms. The highest BCUT2D eigenvalue weighted by atomic mass is 14.3. The van der Waals surface area contributed by atoms with Gasteiger partial charge in [-0.15, -0.1) is 0 Å². The Kier molecular flexibility index (Phi) is 2.65. The molecule has 0 atom stereocenters. The van der Waals surface area contributed by atoms with Crippen LogP contribution in [-0.2, 0) is 6.42 Å². The maximum absolute atomic E-state index is 2.30. The summed E-state index contributed by atoms with van der Waals surface area (Å²) in [5.41, 5.74) is 8.37. The fraction of sp³-hybridized carbons (Fsp3) is 0.0435. The molecule has 0 heteroatoms. The van der Waals surface area contributed by atoms with Gasteiger partial charge in [0.2, 0.25) is 0 Å². The lowest BCUT2D eigenvalue weighted by Gasteiger charge is -2.10. The number of rotatable bonds is 1. The van der Waals surface area contributed by atoms with Crippen LogP contribution < -0.4 is 0 Å². The highest BCUT2D eigenvalue weighted by Crippen LogP contribution is 2.45. The Morgan fingerprint density at radius 1 is 0.565 bits per heavy atom. The summed E-state index contributed by atoms with van der Waals surface area (Å²) < 4.78 is 0. The van der Waals surface area contributed by atoms with Gasteiger partial charge in [-0.2, -0.15) is 0 Å². The Balaban J connectivity index is 1.83. The third-order valence-corrected chi connectivity index (χ3v) is 4.91. The molecule has 1 aliphatic rings. The molecule has 0 bridgehead atoms. The van der Waals surface area contributed by atoms with E-state index in [1.54, 1.807) is 0 Å². The minimum absolute atomic E-state index is 1.03. The molecule has 0 fully saturated rings. The van der Waals surface area contributed by atoms with Gasteiger partial charge in [-0.05, 0) is 50.6 Å². The summed E-state index contributed by atoms with van der Waals surface area (Å²) in [6.45, 7) is 0. The summed E-state index contributed by atoms with van der Waals surface area (Å²) in [7, 11) is 0. The molecule has 5 rings (SSSR count). The van der Waals surface area contributed by atoms with Gasteiger partial charge in [0.1, 0.15) is 0 Å². The number of hydrogen-bond acceptors (Lipinski definition) is 0. The van der Waals surface area contributed by atoms with Crippen LogP contribution in [0.5, 0.6) is 0 Å². The van der Waals surface area contributed by atoms with E-state index in [0.717, 1.165) is 6.42 Å². The van der Waals surface area contributed by atoms with Gasteiger partial charge in [-0.3, -0.25) is 0 Å². The molecule has 0 nitrogen and oxygen atoms in total. The SMILES string of the molecule is c1ccc(-c2cccc3c2-c2ccc4ccccc4c2C3)cc1. The van der Waals surface area contributed by atoms with Crippen molar-refractivity contribution < 1.29 is 0 Å². The van der Waals surface area contributed by atoms with Crippen LogP contribution in [0.4, 0.5) is 0 Å². The Morgan fingerprint density at radius 3 is 2.30 bits per heavy atom. The third kappa shape index (κ3) is 1.85. The second kappa shape index (κ2) is 4.82. The summed E-state index contributed by atoms with van der Waals surface area (Å²) in [5.74, 6) is 0. The summed E-state index contributed by atoms with van der Waals surface area (Å²) in [5, 5.41) is 2.72. The van der Waals surface area contributed by atoms with E-state index in [9.17, 15) is 0 Å². The molecule has 0 aliphatic heterocycles. The molecule has 0 amide bonds. The van der Waals surface area contributed by atoms with E-state index >= 15 is 0 Å². The summed E-state index contributed by atoms with van der Waals surface area (Å²) in [4.78, 5) is 0. The molecule has 4 aromatic rings. The first-order valence-corrected chi connectivity index (χ1v) is 8.10. The second-order valence-electron chi connectivity index (χ2n) is 6.20. The molecule has 0 radical (unpaired) electrons. The van der Waals surface area contributed by atoms with Gasteiger partial charge in [0.05, 0.1) is 0 Å². The number of fused-ring (bicyclic) bond motifs is 5. The molecule has 0 spiro atoms. The maximum Gasteiger partial charge on any atom is -0.000706 e. The molecule has 1 aliphatic carbocycles. The predicted octanol–water partition coefficient (Wildman–Crippen LogP) is 6.08. The summed E-state index contributed by atoms with van der Waals surface area (Å²) >= 11 is 0. The standard InChI is InChI=1S/C23H16/c1-2-7-16(8-3-1)20-12-6-10-18-15-22-19-11-5-4-9-17(19)13-14-21(22)23(18)20/h1-14H,15H2. The van der Waals surface area contributed by atoms with E-state index in [0.29, 0.717) is 0 Å². The third-order valence-electron chi connectivity index (χ3n) is 4.91. The lowest BCUT2D eigenvalue weighted by Crippen LogP contribution is -1.85. The lowest BCUT2D eigenvalue weighted by molar-refractivity contribution is 1.28. The van der Waals surface area contributed by atoms with Crippen molar-refractivity contribution in [2.24, 2.45) is 0 Å². The van der Waals surface area contributed by atoms with E-state index in [1.807, 2.05) is 0 Å². The predicted molar refractivity (Wildman–Crippen MR) is 97.6 cm³/mol. The van der Waals surface area contributed by atoms with Gasteiger partial charge in [-0.25, -0.2) is 0 Å². The van der Waals surface area contributed by atoms with Gasteiger partial charge in [0.25, 0.3) is 0 Å². The van der Waals surface area contributed by atoms with Crippen molar-refractivity contribution in [3.63, 3.8) is 0 Å². The molecule has 0 saturated carbocycles. The lowest BCUT2D eigenvalue weighted by atomic mass is 9.93. The number of benzene rings is 4. The first-order chi connectivity index (χ1) is 11.4. The molecule has 0 saturated heterocycles. The maximum atomic E-state index is 2.30. The van der Waals surface area contributed by atoms with Crippen LogP contribution in [0.3, 0.4) is 0 Å². The topological polar surface area (TPSA) is 0 Å². The van der Waals surface area contributed by atoms with Crippen LogP contribution in [0.1, 0.15) is 11.1 Å². The molecule has 0 heterocycles. The van der Waals surface area contributed by atoms with Crippen molar-refractivity contribution in [2.45, 2.75) is 6.42 Å². The Morgan fingerprint density at radius 2 is 1.39 bits per heavy atom. The van der Waals surface area contributed by atoms with Gasteiger partial charge in [0.15, 0.2) is 0 Å². The fourth-order valence-corrected chi connectivity index (χ4v) is 3.87.